The summed E-state index contributed by atoms with van der Waals surface area (Å²) < 4.78 is 6.03. The second-order valence-corrected chi connectivity index (χ2v) is 8.33. The normalized spacial score (nSPS) is 21.0. The molecule has 0 aromatic heterocycles. The predicted octanol–water partition coefficient (Wildman–Crippen LogP) is 3.78. The average molecular weight is 421 g/mol. The van der Waals surface area contributed by atoms with E-state index in [1.54, 1.807) is 11.8 Å². The van der Waals surface area contributed by atoms with E-state index in [9.17, 15) is 9.59 Å². The van der Waals surface area contributed by atoms with Gasteiger partial charge in [0.1, 0.15) is 17.1 Å². The number of nitrogens with zero attached hydrogens (tertiary/aromatic N) is 1. The van der Waals surface area contributed by atoms with E-state index in [0.29, 0.717) is 11.4 Å². The first-order valence-electron chi connectivity index (χ1n) is 10.0. The van der Waals surface area contributed by atoms with Crippen LogP contribution in [0.15, 0.2) is 84.1 Å². The van der Waals surface area contributed by atoms with Crippen molar-refractivity contribution >= 4 is 23.6 Å². The summed E-state index contributed by atoms with van der Waals surface area (Å²) in [5, 5.41) is -0.217. The summed E-state index contributed by atoms with van der Waals surface area (Å²) in [5.41, 5.74) is 8.81. The van der Waals surface area contributed by atoms with Gasteiger partial charge in [0.25, 0.3) is 0 Å². The van der Waals surface area contributed by atoms with Gasteiger partial charge in [0.2, 0.25) is 5.91 Å². The monoisotopic (exact) mass is 420 g/mol. The molecule has 4 rings (SSSR count). The lowest BCUT2D eigenvalue weighted by molar-refractivity contribution is -0.153. The molecule has 5 nitrogen and oxygen atoms in total. The fraction of sp³-hybridized carbons (Fsp3) is 0.250. The predicted molar refractivity (Wildman–Crippen MR) is 118 cm³/mol. The van der Waals surface area contributed by atoms with Crippen LogP contribution in [0.2, 0.25) is 0 Å². The van der Waals surface area contributed by atoms with E-state index in [1.807, 2.05) is 79.7 Å². The van der Waals surface area contributed by atoms with Crippen LogP contribution in [0.5, 0.6) is 0 Å². The molecule has 0 aliphatic carbocycles. The Hall–Kier alpha value is -2.83. The first-order valence-corrected chi connectivity index (χ1v) is 11.1. The third-order valence-electron chi connectivity index (χ3n) is 5.22. The number of ether oxygens (including phenoxy) is 1. The molecule has 1 amide bonds. The molecule has 1 saturated heterocycles. The number of allylic oxidation sites excluding steroid dienone is 2. The molecule has 0 saturated carbocycles. The maximum absolute atomic E-state index is 13.4. The molecule has 0 spiro atoms. The van der Waals surface area contributed by atoms with E-state index >= 15 is 0 Å². The van der Waals surface area contributed by atoms with Gasteiger partial charge in [0, 0.05) is 5.75 Å². The lowest BCUT2D eigenvalue weighted by atomic mass is 10.0. The van der Waals surface area contributed by atoms with Gasteiger partial charge in [-0.2, -0.15) is 0 Å². The van der Waals surface area contributed by atoms with Gasteiger partial charge < -0.3 is 10.5 Å². The van der Waals surface area contributed by atoms with Crippen molar-refractivity contribution in [3.8, 4) is 0 Å². The Kier molecular flexibility index (Phi) is 6.06. The third-order valence-corrected chi connectivity index (χ3v) is 6.54. The summed E-state index contributed by atoms with van der Waals surface area (Å²) >= 11 is 1.58. The van der Waals surface area contributed by atoms with E-state index in [-0.39, 0.29) is 11.3 Å². The molecule has 6 heteroatoms. The smallest absolute Gasteiger partial charge is 0.356 e. The molecule has 30 heavy (non-hydrogen) atoms. The van der Waals surface area contributed by atoms with Crippen molar-refractivity contribution in [1.29, 1.82) is 0 Å². The Morgan fingerprint density at radius 3 is 2.33 bits per heavy atom. The fourth-order valence-corrected chi connectivity index (χ4v) is 4.93. The van der Waals surface area contributed by atoms with Crippen LogP contribution in [0.25, 0.3) is 0 Å². The molecule has 2 N–H and O–H groups in total. The van der Waals surface area contributed by atoms with Crippen LogP contribution >= 0.6 is 11.8 Å². The average Bonchev–Trinajstić information content (AvgIpc) is 2.81. The Morgan fingerprint density at radius 2 is 1.77 bits per heavy atom. The van der Waals surface area contributed by atoms with Gasteiger partial charge >= 0.3 is 5.97 Å². The van der Waals surface area contributed by atoms with Crippen LogP contribution in [0, 0.1) is 0 Å². The Balaban J connectivity index is 1.70. The number of nitrogens with two attached hydrogens (primary N) is 1. The lowest BCUT2D eigenvalue weighted by Gasteiger charge is -2.48. The summed E-state index contributed by atoms with van der Waals surface area (Å²) in [4.78, 5) is 27.4. The van der Waals surface area contributed by atoms with Crippen molar-refractivity contribution in [2.75, 3.05) is 5.75 Å². The van der Waals surface area contributed by atoms with Gasteiger partial charge in [-0.05, 0) is 23.1 Å². The largest absolute Gasteiger partial charge is 0.448 e. The van der Waals surface area contributed by atoms with Crippen molar-refractivity contribution in [1.82, 2.24) is 4.90 Å². The second kappa shape index (κ2) is 8.90. The fourth-order valence-electron chi connectivity index (χ4n) is 3.66. The number of carbonyl (C=O) groups is 2. The maximum atomic E-state index is 13.4. The van der Waals surface area contributed by atoms with Crippen molar-refractivity contribution in [3.63, 3.8) is 0 Å². The van der Waals surface area contributed by atoms with E-state index < -0.39 is 18.1 Å². The van der Waals surface area contributed by atoms with Crippen LogP contribution in [-0.2, 0) is 14.3 Å². The highest BCUT2D eigenvalue weighted by atomic mass is 32.2. The summed E-state index contributed by atoms with van der Waals surface area (Å²) in [6.07, 6.45) is 4.17. The zero-order valence-electron chi connectivity index (χ0n) is 16.7. The van der Waals surface area contributed by atoms with Gasteiger partial charge in [-0.1, -0.05) is 79.7 Å². The standard InChI is InChI=1S/C24H24N2O3S/c1-2-3-10-18-15-30-23-19(25)22(27)26(23)20(18)24(28)29-21(16-11-6-4-7-12-16)17-13-8-5-9-14-17/h3-14,19,21,23H,2,15,25H2,1H3/b10-3+/t19?,23-/m0/s1. The van der Waals surface area contributed by atoms with Crippen molar-refractivity contribution in [3.05, 3.63) is 95.2 Å². The number of thioether (sulfide) groups is 1. The second-order valence-electron chi connectivity index (χ2n) is 7.23. The minimum absolute atomic E-state index is 0.217. The van der Waals surface area contributed by atoms with E-state index in [1.165, 1.54) is 4.90 Å². The van der Waals surface area contributed by atoms with Crippen LogP contribution < -0.4 is 5.73 Å². The number of hydrogen-bond acceptors (Lipinski definition) is 5. The summed E-state index contributed by atoms with van der Waals surface area (Å²) in [6.45, 7) is 2.03. The minimum Gasteiger partial charge on any atom is -0.448 e. The first-order chi connectivity index (χ1) is 14.6. The summed E-state index contributed by atoms with van der Waals surface area (Å²) in [6, 6.07) is 18.7. The molecule has 2 aliphatic heterocycles. The zero-order valence-corrected chi connectivity index (χ0v) is 17.5. The number of rotatable bonds is 6. The van der Waals surface area contributed by atoms with E-state index in [2.05, 4.69) is 0 Å². The highest BCUT2D eigenvalue weighted by Gasteiger charge is 2.52. The van der Waals surface area contributed by atoms with Gasteiger partial charge in [0.15, 0.2) is 6.10 Å². The Morgan fingerprint density at radius 1 is 1.17 bits per heavy atom. The van der Waals surface area contributed by atoms with E-state index in [0.717, 1.165) is 23.1 Å². The molecular weight excluding hydrogens is 396 g/mol. The maximum Gasteiger partial charge on any atom is 0.356 e. The molecule has 1 fully saturated rings. The van der Waals surface area contributed by atoms with Gasteiger partial charge in [-0.3, -0.25) is 9.69 Å². The molecule has 2 heterocycles. The lowest BCUT2D eigenvalue weighted by Crippen LogP contribution is -2.68. The molecule has 154 valence electrons. The molecule has 2 aliphatic rings. The minimum atomic E-state index is -0.575. The molecule has 2 atom stereocenters. The number of hydrogen-bond donors (Lipinski definition) is 1. The van der Waals surface area contributed by atoms with Crippen LogP contribution in [-0.4, -0.2) is 33.9 Å². The number of amides is 1. The van der Waals surface area contributed by atoms with Crippen LogP contribution in [0.1, 0.15) is 30.6 Å². The molecule has 1 unspecified atom stereocenters. The number of fused-ring (bicyclic) bond motifs is 1. The van der Waals surface area contributed by atoms with Crippen molar-refractivity contribution < 1.29 is 14.3 Å². The SMILES string of the molecule is CC/C=C/C1=C(C(=O)OC(c2ccccc2)c2ccccc2)N2C(=O)C(N)[C@@H]2SC1. The molecule has 0 bridgehead atoms. The van der Waals surface area contributed by atoms with Crippen LogP contribution in [0.4, 0.5) is 0 Å². The van der Waals surface area contributed by atoms with Crippen molar-refractivity contribution in [2.45, 2.75) is 30.9 Å². The zero-order chi connectivity index (χ0) is 21.1. The topological polar surface area (TPSA) is 72.6 Å². The number of benzene rings is 2. The van der Waals surface area contributed by atoms with Gasteiger partial charge in [0.05, 0.1) is 0 Å². The molecule has 2 aromatic carbocycles. The van der Waals surface area contributed by atoms with Gasteiger partial charge in [-0.15, -0.1) is 11.8 Å². The van der Waals surface area contributed by atoms with Gasteiger partial charge in [-0.25, -0.2) is 4.79 Å². The first kappa shape index (κ1) is 20.4. The highest BCUT2D eigenvalue weighted by Crippen LogP contribution is 2.41. The summed E-state index contributed by atoms with van der Waals surface area (Å²) in [5.74, 6) is -0.128. The van der Waals surface area contributed by atoms with Crippen molar-refractivity contribution in [2.24, 2.45) is 5.73 Å². The summed E-state index contributed by atoms with van der Waals surface area (Å²) in [7, 11) is 0. The Labute approximate surface area is 180 Å². The molecule has 0 radical (unpaired) electrons. The molecular formula is C24H24N2O3S. The highest BCUT2D eigenvalue weighted by molar-refractivity contribution is 8.00. The molecule has 2 aromatic rings. The van der Waals surface area contributed by atoms with E-state index in [4.69, 9.17) is 10.5 Å². The number of esters is 1. The number of carbonyl (C=O) groups excluding carboxylic acids is 2. The van der Waals surface area contributed by atoms with Crippen LogP contribution in [0.3, 0.4) is 0 Å². The number of β-lactam (4-membered cyclic amide) rings is 1. The third kappa shape index (κ3) is 3.80. The quantitative estimate of drug-likeness (QED) is 0.569. The Bertz CT molecular complexity index is 949.